The molecule has 5 nitrogen and oxygen atoms in total. The number of nitrogens with one attached hydrogen (secondary N) is 1. The average molecular weight is 271 g/mol. The van der Waals surface area contributed by atoms with Gasteiger partial charge in [-0.2, -0.15) is 5.10 Å². The number of aliphatic hydroxyl groups is 1. The van der Waals surface area contributed by atoms with Crippen LogP contribution in [0.5, 0.6) is 0 Å². The molecule has 0 aliphatic carbocycles. The van der Waals surface area contributed by atoms with Crippen LogP contribution in [-0.2, 0) is 0 Å². The largest absolute Gasteiger partial charge is 0.393 e. The number of carbonyl (C=O) groups is 1. The molecule has 5 heteroatoms. The Bertz CT molecular complexity index is 587. The number of rotatable bonds is 2. The Morgan fingerprint density at radius 2 is 2.10 bits per heavy atom. The van der Waals surface area contributed by atoms with Gasteiger partial charge in [-0.3, -0.25) is 9.89 Å². The van der Waals surface area contributed by atoms with Crippen LogP contribution in [0.15, 0.2) is 36.5 Å². The van der Waals surface area contributed by atoms with E-state index in [9.17, 15) is 9.90 Å². The van der Waals surface area contributed by atoms with Crippen molar-refractivity contribution in [1.29, 1.82) is 0 Å². The summed E-state index contributed by atoms with van der Waals surface area (Å²) >= 11 is 0. The van der Waals surface area contributed by atoms with E-state index in [1.54, 1.807) is 11.1 Å². The quantitative estimate of drug-likeness (QED) is 0.873. The predicted molar refractivity (Wildman–Crippen MR) is 75.2 cm³/mol. The number of aromatic amines is 1. The fraction of sp³-hybridized carbons (Fsp3) is 0.333. The van der Waals surface area contributed by atoms with Gasteiger partial charge in [-0.05, 0) is 31.0 Å². The third-order valence-electron chi connectivity index (χ3n) is 3.67. The zero-order valence-electron chi connectivity index (χ0n) is 11.1. The lowest BCUT2D eigenvalue weighted by molar-refractivity contribution is 0.0546. The molecule has 2 N–H and O–H groups in total. The summed E-state index contributed by atoms with van der Waals surface area (Å²) in [5, 5.41) is 16.3. The highest BCUT2D eigenvalue weighted by Gasteiger charge is 2.22. The number of hydrogen-bond acceptors (Lipinski definition) is 3. The topological polar surface area (TPSA) is 69.2 Å². The first kappa shape index (κ1) is 12.9. The van der Waals surface area contributed by atoms with Gasteiger partial charge in [0, 0.05) is 30.4 Å². The Hall–Kier alpha value is -2.14. The van der Waals surface area contributed by atoms with Crippen molar-refractivity contribution in [2.24, 2.45) is 0 Å². The highest BCUT2D eigenvalue weighted by Crippen LogP contribution is 2.20. The van der Waals surface area contributed by atoms with Crippen LogP contribution < -0.4 is 0 Å². The predicted octanol–water partition coefficient (Wildman–Crippen LogP) is 1.67. The molecule has 0 radical (unpaired) electrons. The fourth-order valence-corrected chi connectivity index (χ4v) is 2.49. The first-order chi connectivity index (χ1) is 9.74. The molecule has 1 fully saturated rings. The zero-order valence-corrected chi connectivity index (χ0v) is 11.1. The summed E-state index contributed by atoms with van der Waals surface area (Å²) in [7, 11) is 0. The van der Waals surface area contributed by atoms with Crippen LogP contribution in [0.25, 0.3) is 11.3 Å². The molecule has 0 atom stereocenters. The van der Waals surface area contributed by atoms with E-state index in [0.717, 1.165) is 11.3 Å². The highest BCUT2D eigenvalue weighted by atomic mass is 16.3. The Labute approximate surface area is 117 Å². The fourth-order valence-electron chi connectivity index (χ4n) is 2.49. The van der Waals surface area contributed by atoms with Crippen molar-refractivity contribution >= 4 is 5.91 Å². The summed E-state index contributed by atoms with van der Waals surface area (Å²) in [4.78, 5) is 14.3. The van der Waals surface area contributed by atoms with Gasteiger partial charge in [0.1, 0.15) is 0 Å². The van der Waals surface area contributed by atoms with Gasteiger partial charge in [-0.15, -0.1) is 0 Å². The number of aliphatic hydroxyl groups excluding tert-OH is 1. The average Bonchev–Trinajstić information content (AvgIpc) is 3.02. The van der Waals surface area contributed by atoms with Gasteiger partial charge in [0.25, 0.3) is 5.91 Å². The summed E-state index contributed by atoms with van der Waals surface area (Å²) in [6.07, 6.45) is 2.74. The van der Waals surface area contributed by atoms with Crippen molar-refractivity contribution in [2.75, 3.05) is 13.1 Å². The maximum atomic E-state index is 12.4. The number of amides is 1. The van der Waals surface area contributed by atoms with Crippen molar-refractivity contribution in [2.45, 2.75) is 18.9 Å². The maximum Gasteiger partial charge on any atom is 0.253 e. The van der Waals surface area contributed by atoms with Crippen LogP contribution in [0.3, 0.4) is 0 Å². The number of benzene rings is 1. The van der Waals surface area contributed by atoms with Crippen LogP contribution in [-0.4, -0.2) is 45.3 Å². The molecular weight excluding hydrogens is 254 g/mol. The maximum absolute atomic E-state index is 12.4. The molecule has 1 aliphatic heterocycles. The molecule has 2 aromatic rings. The van der Waals surface area contributed by atoms with E-state index >= 15 is 0 Å². The van der Waals surface area contributed by atoms with E-state index in [0.29, 0.717) is 31.5 Å². The highest BCUT2D eigenvalue weighted by molar-refractivity contribution is 5.95. The van der Waals surface area contributed by atoms with Gasteiger partial charge < -0.3 is 10.0 Å². The lowest BCUT2D eigenvalue weighted by atomic mass is 10.0. The molecule has 1 amide bonds. The van der Waals surface area contributed by atoms with Crippen molar-refractivity contribution in [3.63, 3.8) is 0 Å². The number of carbonyl (C=O) groups excluding carboxylic acids is 1. The molecule has 1 aliphatic rings. The normalized spacial score (nSPS) is 16.4. The van der Waals surface area contributed by atoms with Gasteiger partial charge in [0.2, 0.25) is 0 Å². The van der Waals surface area contributed by atoms with Crippen LogP contribution in [0.4, 0.5) is 0 Å². The summed E-state index contributed by atoms with van der Waals surface area (Å²) in [5.74, 6) is 0.0262. The number of nitrogens with zero attached hydrogens (tertiary/aromatic N) is 2. The smallest absolute Gasteiger partial charge is 0.253 e. The van der Waals surface area contributed by atoms with Gasteiger partial charge in [-0.25, -0.2) is 0 Å². The molecule has 1 aromatic carbocycles. The van der Waals surface area contributed by atoms with Gasteiger partial charge in [0.05, 0.1) is 11.8 Å². The second kappa shape index (κ2) is 5.46. The second-order valence-corrected chi connectivity index (χ2v) is 5.07. The molecule has 0 bridgehead atoms. The van der Waals surface area contributed by atoms with E-state index in [1.807, 2.05) is 30.3 Å². The Kier molecular flexibility index (Phi) is 3.52. The second-order valence-electron chi connectivity index (χ2n) is 5.07. The zero-order chi connectivity index (χ0) is 13.9. The number of piperidine rings is 1. The minimum absolute atomic E-state index is 0.0262. The molecule has 20 heavy (non-hydrogen) atoms. The lowest BCUT2D eigenvalue weighted by Crippen LogP contribution is -2.40. The molecule has 0 saturated carbocycles. The van der Waals surface area contributed by atoms with Gasteiger partial charge in [0.15, 0.2) is 0 Å². The van der Waals surface area contributed by atoms with E-state index in [4.69, 9.17) is 0 Å². The van der Waals surface area contributed by atoms with Crippen LogP contribution in [0.2, 0.25) is 0 Å². The summed E-state index contributed by atoms with van der Waals surface area (Å²) < 4.78 is 0. The summed E-state index contributed by atoms with van der Waals surface area (Å²) in [6, 6.07) is 9.40. The van der Waals surface area contributed by atoms with Crippen molar-refractivity contribution in [3.8, 4) is 11.3 Å². The minimum atomic E-state index is -0.268. The Morgan fingerprint density at radius 1 is 1.30 bits per heavy atom. The summed E-state index contributed by atoms with van der Waals surface area (Å²) in [6.45, 7) is 1.24. The molecule has 0 unspecified atom stereocenters. The minimum Gasteiger partial charge on any atom is -0.393 e. The van der Waals surface area contributed by atoms with Crippen molar-refractivity contribution < 1.29 is 9.90 Å². The molecule has 3 rings (SSSR count). The van der Waals surface area contributed by atoms with Crippen LogP contribution >= 0.6 is 0 Å². The van der Waals surface area contributed by atoms with Crippen LogP contribution in [0.1, 0.15) is 23.2 Å². The number of likely N-dealkylation sites (tertiary alicyclic amines) is 1. The van der Waals surface area contributed by atoms with Gasteiger partial charge >= 0.3 is 0 Å². The van der Waals surface area contributed by atoms with Crippen molar-refractivity contribution in [1.82, 2.24) is 15.1 Å². The summed E-state index contributed by atoms with van der Waals surface area (Å²) in [5.41, 5.74) is 2.52. The van der Waals surface area contributed by atoms with E-state index in [2.05, 4.69) is 10.2 Å². The third-order valence-corrected chi connectivity index (χ3v) is 3.67. The third kappa shape index (κ3) is 2.58. The Morgan fingerprint density at radius 3 is 2.80 bits per heavy atom. The first-order valence-electron chi connectivity index (χ1n) is 6.81. The van der Waals surface area contributed by atoms with E-state index < -0.39 is 0 Å². The number of hydrogen-bond donors (Lipinski definition) is 2. The van der Waals surface area contributed by atoms with Gasteiger partial charge in [-0.1, -0.05) is 12.1 Å². The standard InChI is InChI=1S/C15H17N3O2/c19-13-5-8-18(9-6-13)15(20)12-3-1-2-11(10-12)14-4-7-16-17-14/h1-4,7,10,13,19H,5-6,8-9H2,(H,16,17). The number of aromatic nitrogens is 2. The number of H-pyrrole nitrogens is 1. The first-order valence-corrected chi connectivity index (χ1v) is 6.81. The molecule has 104 valence electrons. The Balaban J connectivity index is 1.80. The molecule has 1 aromatic heterocycles. The van der Waals surface area contributed by atoms with E-state index in [1.165, 1.54) is 0 Å². The monoisotopic (exact) mass is 271 g/mol. The molecule has 2 heterocycles. The molecular formula is C15H17N3O2. The van der Waals surface area contributed by atoms with Crippen LogP contribution in [0, 0.1) is 0 Å². The SMILES string of the molecule is O=C(c1cccc(-c2ccn[nH]2)c1)N1CCC(O)CC1. The van der Waals surface area contributed by atoms with Crippen molar-refractivity contribution in [3.05, 3.63) is 42.1 Å². The van der Waals surface area contributed by atoms with E-state index in [-0.39, 0.29) is 12.0 Å². The lowest BCUT2D eigenvalue weighted by Gasteiger charge is -2.29. The molecule has 0 spiro atoms. The molecule has 1 saturated heterocycles.